The van der Waals surface area contributed by atoms with E-state index >= 15 is 0 Å². The van der Waals surface area contributed by atoms with Gasteiger partial charge in [-0.1, -0.05) is 12.1 Å². The van der Waals surface area contributed by atoms with Gasteiger partial charge in [-0.2, -0.15) is 0 Å². The average molecular weight is 380 g/mol. The van der Waals surface area contributed by atoms with E-state index in [1.807, 2.05) is 0 Å². The largest absolute Gasteiger partial charge is 0.366 e. The predicted octanol–water partition coefficient (Wildman–Crippen LogP) is 1.74. The summed E-state index contributed by atoms with van der Waals surface area (Å²) in [6, 6.07) is 13.3. The van der Waals surface area contributed by atoms with Gasteiger partial charge in [0.15, 0.2) is 0 Å². The topological polar surface area (TPSA) is 122 Å². The van der Waals surface area contributed by atoms with Crippen LogP contribution in [0.25, 0.3) is 0 Å². The number of para-hydroxylation sites is 1. The SMILES string of the molecule is CC(=O)Nc1ccc(N2CC(C(=O)Nc3ccccc3C(N)=O)CC2=O)cc1. The first-order valence-corrected chi connectivity index (χ1v) is 8.73. The molecule has 3 rings (SSSR count). The Bertz CT molecular complexity index is 939. The molecule has 8 heteroatoms. The molecule has 1 aliphatic rings. The maximum absolute atomic E-state index is 12.6. The van der Waals surface area contributed by atoms with Gasteiger partial charge in [-0.05, 0) is 36.4 Å². The third kappa shape index (κ3) is 4.17. The number of hydrogen-bond donors (Lipinski definition) is 3. The summed E-state index contributed by atoms with van der Waals surface area (Å²) >= 11 is 0. The van der Waals surface area contributed by atoms with Gasteiger partial charge in [0.05, 0.1) is 17.2 Å². The molecule has 1 heterocycles. The lowest BCUT2D eigenvalue weighted by atomic mass is 10.1. The van der Waals surface area contributed by atoms with Crippen molar-refractivity contribution >= 4 is 40.7 Å². The van der Waals surface area contributed by atoms with E-state index in [0.29, 0.717) is 17.1 Å². The van der Waals surface area contributed by atoms with Crippen LogP contribution in [0.2, 0.25) is 0 Å². The minimum atomic E-state index is -0.640. The van der Waals surface area contributed by atoms with Gasteiger partial charge >= 0.3 is 0 Å². The first-order chi connectivity index (χ1) is 13.3. The van der Waals surface area contributed by atoms with Crippen LogP contribution in [0.5, 0.6) is 0 Å². The van der Waals surface area contributed by atoms with Gasteiger partial charge in [0, 0.05) is 31.3 Å². The lowest BCUT2D eigenvalue weighted by molar-refractivity contribution is -0.122. The van der Waals surface area contributed by atoms with Crippen molar-refractivity contribution in [2.24, 2.45) is 11.7 Å². The second kappa shape index (κ2) is 7.91. The summed E-state index contributed by atoms with van der Waals surface area (Å²) in [7, 11) is 0. The van der Waals surface area contributed by atoms with Gasteiger partial charge in [0.25, 0.3) is 5.91 Å². The molecule has 144 valence electrons. The first-order valence-electron chi connectivity index (χ1n) is 8.73. The molecule has 1 saturated heterocycles. The van der Waals surface area contributed by atoms with Crippen molar-refractivity contribution in [2.75, 3.05) is 22.1 Å². The molecule has 0 bridgehead atoms. The number of nitrogens with one attached hydrogen (secondary N) is 2. The summed E-state index contributed by atoms with van der Waals surface area (Å²) in [5.74, 6) is -1.89. The molecule has 4 N–H and O–H groups in total. The molecule has 0 saturated carbocycles. The highest BCUT2D eigenvalue weighted by atomic mass is 16.2. The molecule has 0 spiro atoms. The Morgan fingerprint density at radius 2 is 1.71 bits per heavy atom. The lowest BCUT2D eigenvalue weighted by Crippen LogP contribution is -2.28. The number of rotatable bonds is 5. The number of carbonyl (C=O) groups excluding carboxylic acids is 4. The van der Waals surface area contributed by atoms with Gasteiger partial charge in [0.1, 0.15) is 0 Å². The lowest BCUT2D eigenvalue weighted by Gasteiger charge is -2.17. The number of nitrogens with zero attached hydrogens (tertiary/aromatic N) is 1. The van der Waals surface area contributed by atoms with Crippen LogP contribution in [0.4, 0.5) is 17.1 Å². The molecule has 28 heavy (non-hydrogen) atoms. The smallest absolute Gasteiger partial charge is 0.250 e. The molecule has 1 aliphatic heterocycles. The number of carbonyl (C=O) groups is 4. The summed E-state index contributed by atoms with van der Waals surface area (Å²) in [6.45, 7) is 1.64. The number of amides is 4. The standard InChI is InChI=1S/C20H20N4O4/c1-12(25)22-14-6-8-15(9-7-14)24-11-13(10-18(24)26)20(28)23-17-5-3-2-4-16(17)19(21)27/h2-9,13H,10-11H2,1H3,(H2,21,27)(H,22,25)(H,23,28). The van der Waals surface area contributed by atoms with Gasteiger partial charge in [0.2, 0.25) is 17.7 Å². The molecule has 0 aromatic heterocycles. The molecule has 0 radical (unpaired) electrons. The Morgan fingerprint density at radius 3 is 2.36 bits per heavy atom. The molecule has 2 aromatic rings. The van der Waals surface area contributed by atoms with Crippen molar-refractivity contribution in [3.63, 3.8) is 0 Å². The summed E-state index contributed by atoms with van der Waals surface area (Å²) in [6.07, 6.45) is 0.0675. The highest BCUT2D eigenvalue weighted by Crippen LogP contribution is 2.27. The van der Waals surface area contributed by atoms with Gasteiger partial charge in [-0.25, -0.2) is 0 Å². The monoisotopic (exact) mass is 380 g/mol. The molecule has 1 unspecified atom stereocenters. The van der Waals surface area contributed by atoms with Crippen LogP contribution < -0.4 is 21.3 Å². The highest BCUT2D eigenvalue weighted by molar-refractivity contribution is 6.06. The van der Waals surface area contributed by atoms with E-state index in [0.717, 1.165) is 0 Å². The molecule has 4 amide bonds. The zero-order chi connectivity index (χ0) is 20.3. The number of anilines is 3. The molecule has 1 atom stereocenters. The Balaban J connectivity index is 1.69. The summed E-state index contributed by atoms with van der Waals surface area (Å²) in [5.41, 5.74) is 7.14. The van der Waals surface area contributed by atoms with Crippen LogP contribution in [0, 0.1) is 5.92 Å². The maximum Gasteiger partial charge on any atom is 0.250 e. The highest BCUT2D eigenvalue weighted by Gasteiger charge is 2.35. The molecule has 1 fully saturated rings. The number of primary amides is 1. The van der Waals surface area contributed by atoms with E-state index in [1.54, 1.807) is 42.5 Å². The summed E-state index contributed by atoms with van der Waals surface area (Å²) in [5, 5.41) is 5.35. The van der Waals surface area contributed by atoms with Crippen molar-refractivity contribution in [2.45, 2.75) is 13.3 Å². The van der Waals surface area contributed by atoms with E-state index in [9.17, 15) is 19.2 Å². The second-order valence-corrected chi connectivity index (χ2v) is 6.53. The minimum absolute atomic E-state index is 0.0675. The zero-order valence-electron chi connectivity index (χ0n) is 15.3. The first kappa shape index (κ1) is 19.1. The number of benzene rings is 2. The van der Waals surface area contributed by atoms with Crippen molar-refractivity contribution in [1.29, 1.82) is 0 Å². The Kier molecular flexibility index (Phi) is 5.39. The average Bonchev–Trinajstić information content (AvgIpc) is 3.04. The fourth-order valence-corrected chi connectivity index (χ4v) is 3.10. The quantitative estimate of drug-likeness (QED) is 0.731. The summed E-state index contributed by atoms with van der Waals surface area (Å²) < 4.78 is 0. The van der Waals surface area contributed by atoms with Gasteiger partial charge < -0.3 is 21.3 Å². The molecule has 0 aliphatic carbocycles. The molecular formula is C20H20N4O4. The van der Waals surface area contributed by atoms with Crippen LogP contribution in [0.3, 0.4) is 0 Å². The van der Waals surface area contributed by atoms with Crippen LogP contribution >= 0.6 is 0 Å². The normalized spacial score (nSPS) is 16.0. The number of nitrogens with two attached hydrogens (primary N) is 1. The van der Waals surface area contributed by atoms with Gasteiger partial charge in [-0.15, -0.1) is 0 Å². The van der Waals surface area contributed by atoms with E-state index in [-0.39, 0.29) is 36.3 Å². The fraction of sp³-hybridized carbons (Fsp3) is 0.200. The second-order valence-electron chi connectivity index (χ2n) is 6.53. The van der Waals surface area contributed by atoms with Crippen molar-refractivity contribution < 1.29 is 19.2 Å². The Hall–Kier alpha value is -3.68. The van der Waals surface area contributed by atoms with E-state index in [1.165, 1.54) is 17.9 Å². The predicted molar refractivity (Wildman–Crippen MR) is 105 cm³/mol. The third-order valence-corrected chi connectivity index (χ3v) is 4.45. The molecule has 2 aromatic carbocycles. The number of hydrogen-bond acceptors (Lipinski definition) is 4. The summed E-state index contributed by atoms with van der Waals surface area (Å²) in [4.78, 5) is 49.1. The molecule has 8 nitrogen and oxygen atoms in total. The fourth-order valence-electron chi connectivity index (χ4n) is 3.10. The van der Waals surface area contributed by atoms with E-state index in [2.05, 4.69) is 10.6 Å². The molecular weight excluding hydrogens is 360 g/mol. The van der Waals surface area contributed by atoms with Crippen LogP contribution in [0.15, 0.2) is 48.5 Å². The van der Waals surface area contributed by atoms with Crippen molar-refractivity contribution in [3.8, 4) is 0 Å². The Labute approximate surface area is 161 Å². The van der Waals surface area contributed by atoms with Crippen LogP contribution in [-0.4, -0.2) is 30.2 Å². The van der Waals surface area contributed by atoms with Crippen LogP contribution in [0.1, 0.15) is 23.7 Å². The van der Waals surface area contributed by atoms with E-state index in [4.69, 9.17) is 5.73 Å². The maximum atomic E-state index is 12.6. The van der Waals surface area contributed by atoms with Crippen molar-refractivity contribution in [3.05, 3.63) is 54.1 Å². The van der Waals surface area contributed by atoms with E-state index < -0.39 is 11.8 Å². The van der Waals surface area contributed by atoms with Crippen LogP contribution in [-0.2, 0) is 14.4 Å². The Morgan fingerprint density at radius 1 is 1.04 bits per heavy atom. The van der Waals surface area contributed by atoms with Crippen molar-refractivity contribution in [1.82, 2.24) is 0 Å². The minimum Gasteiger partial charge on any atom is -0.366 e. The van der Waals surface area contributed by atoms with Gasteiger partial charge in [-0.3, -0.25) is 19.2 Å². The third-order valence-electron chi connectivity index (χ3n) is 4.45. The zero-order valence-corrected chi connectivity index (χ0v) is 15.3.